The van der Waals surface area contributed by atoms with Crippen LogP contribution in [0.25, 0.3) is 10.8 Å². The van der Waals surface area contributed by atoms with Gasteiger partial charge in [0.05, 0.1) is 0 Å². The number of halogens is 3. The van der Waals surface area contributed by atoms with Crippen LogP contribution in [0.5, 0.6) is 5.75 Å². The maximum Gasteiger partial charge on any atom is 0.216 e. The highest BCUT2D eigenvalue weighted by molar-refractivity contribution is 6.67. The van der Waals surface area contributed by atoms with Gasteiger partial charge < -0.3 is 5.11 Å². The summed E-state index contributed by atoms with van der Waals surface area (Å²) in [4.78, 5) is 0. The van der Waals surface area contributed by atoms with Gasteiger partial charge in [-0.1, -0.05) is 65.1 Å². The highest BCUT2D eigenvalue weighted by Gasteiger charge is 2.25. The highest BCUT2D eigenvalue weighted by atomic mass is 35.6. The van der Waals surface area contributed by atoms with Crippen molar-refractivity contribution in [2.75, 3.05) is 0 Å². The van der Waals surface area contributed by atoms with Crippen LogP contribution in [0.1, 0.15) is 5.56 Å². The third-order valence-corrected chi connectivity index (χ3v) is 2.80. The minimum absolute atomic E-state index is 0.120. The Bertz CT molecular complexity index is 497. The molecule has 0 spiro atoms. The number of phenolic OH excluding ortho intramolecular Hbond substituents is 1. The van der Waals surface area contributed by atoms with Crippen molar-refractivity contribution in [2.24, 2.45) is 0 Å². The molecule has 0 unspecified atom stereocenters. The molecule has 0 saturated carbocycles. The van der Waals surface area contributed by atoms with Gasteiger partial charge in [-0.2, -0.15) is 0 Å². The molecule has 0 fully saturated rings. The molecule has 15 heavy (non-hydrogen) atoms. The predicted octanol–water partition coefficient (Wildman–Crippen LogP) is 4.37. The van der Waals surface area contributed by atoms with E-state index >= 15 is 0 Å². The fraction of sp³-hybridized carbons (Fsp3) is 0.0909. The normalized spacial score (nSPS) is 11.9. The van der Waals surface area contributed by atoms with E-state index in [1.54, 1.807) is 24.3 Å². The van der Waals surface area contributed by atoms with Gasteiger partial charge in [-0.25, -0.2) is 0 Å². The molecule has 0 aliphatic carbocycles. The number of hydrogen-bond donors (Lipinski definition) is 1. The number of aromatic hydroxyl groups is 1. The van der Waals surface area contributed by atoms with Crippen LogP contribution in [0.2, 0.25) is 0 Å². The molecule has 78 valence electrons. The van der Waals surface area contributed by atoms with E-state index in [0.717, 1.165) is 5.39 Å². The van der Waals surface area contributed by atoms with Crippen molar-refractivity contribution in [3.05, 3.63) is 42.0 Å². The summed E-state index contributed by atoms with van der Waals surface area (Å²) in [6.45, 7) is 0. The first-order valence-electron chi connectivity index (χ1n) is 4.28. The minimum atomic E-state index is -1.53. The number of benzene rings is 2. The highest BCUT2D eigenvalue weighted by Crippen LogP contribution is 2.43. The Morgan fingerprint density at radius 1 is 0.933 bits per heavy atom. The molecule has 2 aromatic rings. The zero-order valence-electron chi connectivity index (χ0n) is 7.55. The van der Waals surface area contributed by atoms with Crippen LogP contribution in [0.15, 0.2) is 36.4 Å². The molecule has 4 heteroatoms. The molecule has 0 aliphatic heterocycles. The SMILES string of the molecule is Oc1cccc2cccc(C(Cl)(Cl)Cl)c12. The number of phenols is 1. The molecule has 2 aromatic carbocycles. The Hall–Kier alpha value is -0.630. The van der Waals surface area contributed by atoms with E-state index in [1.165, 1.54) is 0 Å². The molecule has 1 N–H and O–H groups in total. The summed E-state index contributed by atoms with van der Waals surface area (Å²) in [5.41, 5.74) is 0.489. The third kappa shape index (κ3) is 2.00. The second-order valence-electron chi connectivity index (χ2n) is 3.18. The molecule has 0 atom stereocenters. The summed E-state index contributed by atoms with van der Waals surface area (Å²) in [7, 11) is 0. The maximum absolute atomic E-state index is 9.74. The molecule has 0 bridgehead atoms. The van der Waals surface area contributed by atoms with Gasteiger partial charge in [0, 0.05) is 10.9 Å². The lowest BCUT2D eigenvalue weighted by atomic mass is 10.0. The number of rotatable bonds is 0. The molecule has 0 saturated heterocycles. The molecule has 0 aliphatic rings. The quantitative estimate of drug-likeness (QED) is 0.698. The second-order valence-corrected chi connectivity index (χ2v) is 5.46. The summed E-state index contributed by atoms with van der Waals surface area (Å²) >= 11 is 17.5. The molecular formula is C11H7Cl3O. The second kappa shape index (κ2) is 3.75. The van der Waals surface area contributed by atoms with E-state index in [4.69, 9.17) is 34.8 Å². The number of alkyl halides is 3. The van der Waals surface area contributed by atoms with Crippen molar-refractivity contribution < 1.29 is 5.11 Å². The van der Waals surface area contributed by atoms with Crippen LogP contribution in [0.3, 0.4) is 0 Å². The fourth-order valence-electron chi connectivity index (χ4n) is 1.56. The Kier molecular flexibility index (Phi) is 2.72. The molecular weight excluding hydrogens is 254 g/mol. The van der Waals surface area contributed by atoms with E-state index in [2.05, 4.69) is 0 Å². The zero-order valence-corrected chi connectivity index (χ0v) is 9.81. The van der Waals surface area contributed by atoms with Gasteiger partial charge in [0.1, 0.15) is 5.75 Å². The Labute approximate surface area is 102 Å². The average molecular weight is 262 g/mol. The molecule has 0 aromatic heterocycles. The first kappa shape index (κ1) is 10.9. The van der Waals surface area contributed by atoms with Crippen molar-refractivity contribution in [1.82, 2.24) is 0 Å². The van der Waals surface area contributed by atoms with Gasteiger partial charge in [0.15, 0.2) is 0 Å². The monoisotopic (exact) mass is 260 g/mol. The molecule has 0 amide bonds. The van der Waals surface area contributed by atoms with Crippen molar-refractivity contribution in [1.29, 1.82) is 0 Å². The summed E-state index contributed by atoms with van der Waals surface area (Å²) in [5.74, 6) is 0.120. The van der Waals surface area contributed by atoms with Gasteiger partial charge >= 0.3 is 0 Å². The van der Waals surface area contributed by atoms with Gasteiger partial charge in [-0.15, -0.1) is 0 Å². The van der Waals surface area contributed by atoms with E-state index in [1.807, 2.05) is 12.1 Å². The topological polar surface area (TPSA) is 20.2 Å². The standard InChI is InChI=1S/C11H7Cl3O/c12-11(13,14)8-5-1-3-7-4-2-6-9(15)10(7)8/h1-6,15H. The maximum atomic E-state index is 9.74. The average Bonchev–Trinajstić information content (AvgIpc) is 2.16. The lowest BCUT2D eigenvalue weighted by Gasteiger charge is -2.14. The van der Waals surface area contributed by atoms with Crippen LogP contribution in [0, 0.1) is 0 Å². The van der Waals surface area contributed by atoms with E-state index in [9.17, 15) is 5.11 Å². The number of fused-ring (bicyclic) bond motifs is 1. The first-order valence-corrected chi connectivity index (χ1v) is 5.41. The lowest BCUT2D eigenvalue weighted by molar-refractivity contribution is 0.481. The number of hydrogen-bond acceptors (Lipinski definition) is 1. The fourth-order valence-corrected chi connectivity index (χ4v) is 2.03. The Morgan fingerprint density at radius 3 is 2.13 bits per heavy atom. The van der Waals surface area contributed by atoms with Crippen molar-refractivity contribution >= 4 is 45.6 Å². The molecule has 0 radical (unpaired) electrons. The van der Waals surface area contributed by atoms with Crippen molar-refractivity contribution in [2.45, 2.75) is 3.79 Å². The predicted molar refractivity (Wildman–Crippen MR) is 64.8 cm³/mol. The third-order valence-electron chi connectivity index (χ3n) is 2.19. The summed E-state index contributed by atoms with van der Waals surface area (Å²) in [6, 6.07) is 10.5. The summed E-state index contributed by atoms with van der Waals surface area (Å²) < 4.78 is -1.53. The lowest BCUT2D eigenvalue weighted by Crippen LogP contribution is -2.00. The largest absolute Gasteiger partial charge is 0.507 e. The minimum Gasteiger partial charge on any atom is -0.507 e. The van der Waals surface area contributed by atoms with Crippen LogP contribution in [0.4, 0.5) is 0 Å². The summed E-state index contributed by atoms with van der Waals surface area (Å²) in [5, 5.41) is 11.2. The van der Waals surface area contributed by atoms with Crippen LogP contribution in [-0.4, -0.2) is 5.11 Å². The van der Waals surface area contributed by atoms with Crippen molar-refractivity contribution in [3.8, 4) is 5.75 Å². The van der Waals surface area contributed by atoms with E-state index in [0.29, 0.717) is 10.9 Å². The molecule has 0 heterocycles. The van der Waals surface area contributed by atoms with Gasteiger partial charge in [-0.05, 0) is 11.5 Å². The van der Waals surface area contributed by atoms with Crippen molar-refractivity contribution in [3.63, 3.8) is 0 Å². The van der Waals surface area contributed by atoms with Gasteiger partial charge in [0.2, 0.25) is 3.79 Å². The first-order chi connectivity index (χ1) is 7.00. The van der Waals surface area contributed by atoms with Crippen LogP contribution >= 0.6 is 34.8 Å². The van der Waals surface area contributed by atoms with Gasteiger partial charge in [-0.3, -0.25) is 0 Å². The van der Waals surface area contributed by atoms with Crippen LogP contribution in [-0.2, 0) is 3.79 Å². The van der Waals surface area contributed by atoms with Crippen LogP contribution < -0.4 is 0 Å². The smallest absolute Gasteiger partial charge is 0.216 e. The summed E-state index contributed by atoms with van der Waals surface area (Å²) in [6.07, 6.45) is 0. The Morgan fingerprint density at radius 2 is 1.53 bits per heavy atom. The van der Waals surface area contributed by atoms with E-state index < -0.39 is 3.79 Å². The van der Waals surface area contributed by atoms with Gasteiger partial charge in [0.25, 0.3) is 0 Å². The van der Waals surface area contributed by atoms with E-state index in [-0.39, 0.29) is 5.75 Å². The molecule has 1 nitrogen and oxygen atoms in total. The zero-order chi connectivity index (χ0) is 11.1. The molecule has 2 rings (SSSR count). The Balaban J connectivity index is 2.86.